The van der Waals surface area contributed by atoms with Crippen LogP contribution >= 0.6 is 11.3 Å². The van der Waals surface area contributed by atoms with E-state index in [4.69, 9.17) is 0 Å². The normalized spacial score (nSPS) is 13.7. The molecule has 1 aliphatic heterocycles. The number of aryl methyl sites for hydroxylation is 2. The molecule has 0 unspecified atom stereocenters. The predicted molar refractivity (Wildman–Crippen MR) is 165 cm³/mol. The molecule has 0 saturated heterocycles. The molecule has 0 atom stereocenters. The van der Waals surface area contributed by atoms with Crippen molar-refractivity contribution in [1.82, 2.24) is 19.0 Å². The second-order valence-electron chi connectivity index (χ2n) is 10.4. The van der Waals surface area contributed by atoms with Crippen LogP contribution in [0.1, 0.15) is 62.0 Å². The van der Waals surface area contributed by atoms with Crippen molar-refractivity contribution < 1.29 is 18.0 Å². The summed E-state index contributed by atoms with van der Waals surface area (Å²) in [5.74, 6) is -0.679. The molecule has 0 radical (unpaired) electrons. The van der Waals surface area contributed by atoms with E-state index in [9.17, 15) is 18.0 Å². The summed E-state index contributed by atoms with van der Waals surface area (Å²) < 4.78 is 29.5. The Balaban J connectivity index is 1.41. The van der Waals surface area contributed by atoms with E-state index in [-0.39, 0.29) is 17.3 Å². The van der Waals surface area contributed by atoms with E-state index in [1.54, 1.807) is 6.92 Å². The van der Waals surface area contributed by atoms with Gasteiger partial charge in [-0.2, -0.15) is 9.40 Å². The summed E-state index contributed by atoms with van der Waals surface area (Å²) in [6.07, 6.45) is 0.708. The maximum Gasteiger partial charge on any atom is 0.281 e. The highest BCUT2D eigenvalue weighted by Gasteiger charge is 2.30. The van der Waals surface area contributed by atoms with Crippen LogP contribution in [0.5, 0.6) is 0 Å². The lowest BCUT2D eigenvalue weighted by Crippen LogP contribution is -2.30. The van der Waals surface area contributed by atoms with E-state index < -0.39 is 15.9 Å². The van der Waals surface area contributed by atoms with Crippen molar-refractivity contribution in [2.45, 2.75) is 52.1 Å². The fourth-order valence-corrected chi connectivity index (χ4v) is 7.95. The van der Waals surface area contributed by atoms with Crippen LogP contribution in [0.15, 0.2) is 65.6 Å². The zero-order chi connectivity index (χ0) is 30.0. The van der Waals surface area contributed by atoms with Gasteiger partial charge in [0.15, 0.2) is 0 Å². The first-order valence-electron chi connectivity index (χ1n) is 14.0. The number of carbonyl (C=O) groups is 2. The van der Waals surface area contributed by atoms with Crippen LogP contribution in [0.4, 0.5) is 5.00 Å². The SMILES string of the molecule is CCN1CCc2c(sc(NC(=O)c3ccc(S(=O)(=O)N(CC)Cc4ccccc4)cc3)c2C(=O)n2nc(C)cc2C)C1. The van der Waals surface area contributed by atoms with E-state index in [2.05, 4.69) is 22.2 Å². The van der Waals surface area contributed by atoms with Gasteiger partial charge in [-0.1, -0.05) is 44.2 Å². The van der Waals surface area contributed by atoms with Gasteiger partial charge in [-0.3, -0.25) is 14.5 Å². The lowest BCUT2D eigenvalue weighted by molar-refractivity contribution is 0.0942. The summed E-state index contributed by atoms with van der Waals surface area (Å²) >= 11 is 1.42. The van der Waals surface area contributed by atoms with Crippen LogP contribution in [0.3, 0.4) is 0 Å². The number of hydrogen-bond donors (Lipinski definition) is 1. The number of nitrogens with one attached hydrogen (secondary N) is 1. The zero-order valence-electron chi connectivity index (χ0n) is 24.3. The average Bonchev–Trinajstić information content (AvgIpc) is 3.53. The van der Waals surface area contributed by atoms with E-state index >= 15 is 0 Å². The summed E-state index contributed by atoms with van der Waals surface area (Å²) in [7, 11) is -3.77. The number of anilines is 1. The van der Waals surface area contributed by atoms with Gasteiger partial charge in [0.1, 0.15) is 5.00 Å². The standard InChI is InChI=1S/C31H35N5O4S2/c1-5-34-17-16-26-27(20-34)41-30(28(26)31(38)36-22(4)18-21(3)33-36)32-29(37)24-12-14-25(15-13-24)42(39,40)35(6-2)19-23-10-8-7-9-11-23/h7-15,18H,5-6,16-17,19-20H2,1-4H3,(H,32,37). The Labute approximate surface area is 250 Å². The molecule has 220 valence electrons. The molecule has 1 N–H and O–H groups in total. The summed E-state index contributed by atoms with van der Waals surface area (Å²) in [6.45, 7) is 10.6. The molecule has 3 heterocycles. The van der Waals surface area contributed by atoms with Crippen molar-refractivity contribution in [1.29, 1.82) is 0 Å². The van der Waals surface area contributed by atoms with Crippen LogP contribution in [-0.4, -0.2) is 58.9 Å². The van der Waals surface area contributed by atoms with Crippen molar-refractivity contribution in [3.8, 4) is 0 Å². The second kappa shape index (κ2) is 12.3. The molecule has 0 fully saturated rings. The minimum atomic E-state index is -3.77. The third-order valence-electron chi connectivity index (χ3n) is 7.53. The molecule has 0 bridgehead atoms. The Kier molecular flexibility index (Phi) is 8.74. The predicted octanol–water partition coefficient (Wildman–Crippen LogP) is 5.09. The number of benzene rings is 2. The highest BCUT2D eigenvalue weighted by Crippen LogP contribution is 2.38. The van der Waals surface area contributed by atoms with Crippen molar-refractivity contribution in [3.63, 3.8) is 0 Å². The molecule has 1 aliphatic rings. The van der Waals surface area contributed by atoms with Gasteiger partial charge in [0, 0.05) is 42.3 Å². The first-order valence-corrected chi connectivity index (χ1v) is 16.3. The van der Waals surface area contributed by atoms with Crippen molar-refractivity contribution in [2.24, 2.45) is 0 Å². The number of likely N-dealkylation sites (N-methyl/N-ethyl adjacent to an activating group) is 1. The monoisotopic (exact) mass is 605 g/mol. The van der Waals surface area contributed by atoms with Gasteiger partial charge in [-0.25, -0.2) is 13.1 Å². The van der Waals surface area contributed by atoms with Gasteiger partial charge >= 0.3 is 0 Å². The average molecular weight is 606 g/mol. The highest BCUT2D eigenvalue weighted by molar-refractivity contribution is 7.89. The minimum absolute atomic E-state index is 0.114. The van der Waals surface area contributed by atoms with Gasteiger partial charge in [-0.15, -0.1) is 11.3 Å². The van der Waals surface area contributed by atoms with Gasteiger partial charge in [0.2, 0.25) is 10.0 Å². The quantitative estimate of drug-likeness (QED) is 0.285. The molecule has 1 amide bonds. The molecule has 0 saturated carbocycles. The summed E-state index contributed by atoms with van der Waals surface area (Å²) in [5.41, 5.74) is 4.09. The van der Waals surface area contributed by atoms with Crippen LogP contribution in [0.25, 0.3) is 0 Å². The molecule has 0 aliphatic carbocycles. The van der Waals surface area contributed by atoms with E-state index in [1.807, 2.05) is 50.2 Å². The number of hydrogen-bond acceptors (Lipinski definition) is 7. The maximum atomic E-state index is 13.8. The zero-order valence-corrected chi connectivity index (χ0v) is 25.9. The molecule has 42 heavy (non-hydrogen) atoms. The largest absolute Gasteiger partial charge is 0.313 e. The summed E-state index contributed by atoms with van der Waals surface area (Å²) in [6, 6.07) is 17.2. The first-order chi connectivity index (χ1) is 20.1. The third-order valence-corrected chi connectivity index (χ3v) is 10.6. The number of amides is 1. The Morgan fingerprint density at radius 3 is 2.38 bits per heavy atom. The number of carbonyl (C=O) groups excluding carboxylic acids is 2. The van der Waals surface area contributed by atoms with Crippen LogP contribution in [0, 0.1) is 13.8 Å². The number of aromatic nitrogens is 2. The Hall–Kier alpha value is -3.64. The Morgan fingerprint density at radius 1 is 1.05 bits per heavy atom. The van der Waals surface area contributed by atoms with E-state index in [0.717, 1.165) is 40.5 Å². The van der Waals surface area contributed by atoms with Crippen molar-refractivity contribution in [3.05, 3.63) is 99.2 Å². The highest BCUT2D eigenvalue weighted by atomic mass is 32.2. The van der Waals surface area contributed by atoms with Gasteiger partial charge in [0.05, 0.1) is 16.2 Å². The fourth-order valence-electron chi connectivity index (χ4n) is 5.24. The fraction of sp³-hybridized carbons (Fsp3) is 0.323. The molecule has 0 spiro atoms. The number of sulfonamides is 1. The summed E-state index contributed by atoms with van der Waals surface area (Å²) in [4.78, 5) is 30.6. The summed E-state index contributed by atoms with van der Waals surface area (Å²) in [5, 5.41) is 7.83. The molecule has 11 heteroatoms. The number of thiophene rings is 1. The van der Waals surface area contributed by atoms with Crippen LogP contribution in [0.2, 0.25) is 0 Å². The molecule has 9 nitrogen and oxygen atoms in total. The van der Waals surface area contributed by atoms with Gasteiger partial charge in [0.25, 0.3) is 11.8 Å². The Bertz CT molecular complexity index is 1710. The number of nitrogens with zero attached hydrogens (tertiary/aromatic N) is 4. The van der Waals surface area contributed by atoms with E-state index in [0.29, 0.717) is 35.6 Å². The van der Waals surface area contributed by atoms with Crippen LogP contribution < -0.4 is 5.32 Å². The molecule has 4 aromatic rings. The topological polar surface area (TPSA) is 105 Å². The first kappa shape index (κ1) is 29.8. The van der Waals surface area contributed by atoms with Gasteiger partial charge in [-0.05, 0) is 68.3 Å². The van der Waals surface area contributed by atoms with Crippen LogP contribution in [-0.2, 0) is 29.5 Å². The second-order valence-corrected chi connectivity index (χ2v) is 13.4. The minimum Gasteiger partial charge on any atom is -0.313 e. The van der Waals surface area contributed by atoms with Crippen molar-refractivity contribution in [2.75, 3.05) is 25.0 Å². The molecule has 2 aromatic carbocycles. The molecule has 2 aromatic heterocycles. The molecular formula is C31H35N5O4S2. The molecule has 5 rings (SSSR count). The maximum absolute atomic E-state index is 13.8. The third kappa shape index (κ3) is 5.96. The lowest BCUT2D eigenvalue weighted by atomic mass is 10.0. The van der Waals surface area contributed by atoms with Crippen molar-refractivity contribution >= 4 is 38.2 Å². The smallest absolute Gasteiger partial charge is 0.281 e. The van der Waals surface area contributed by atoms with E-state index in [1.165, 1.54) is 44.6 Å². The number of rotatable bonds is 9. The lowest BCUT2D eigenvalue weighted by Gasteiger charge is -2.25. The number of fused-ring (bicyclic) bond motifs is 1. The van der Waals surface area contributed by atoms with Gasteiger partial charge < -0.3 is 5.32 Å². The molecular weight excluding hydrogens is 571 g/mol. The Morgan fingerprint density at radius 2 is 1.76 bits per heavy atom.